The average Bonchev–Trinajstić information content (AvgIpc) is 2.92. The molecule has 2 fully saturated rings. The number of fused-ring (bicyclic) bond motifs is 1. The Kier molecular flexibility index (Phi) is 3.69. The number of rotatable bonds is 3. The lowest BCUT2D eigenvalue weighted by molar-refractivity contribution is -0.933. The van der Waals surface area contributed by atoms with Gasteiger partial charge in [-0.3, -0.25) is 4.79 Å². The van der Waals surface area contributed by atoms with Gasteiger partial charge in [0.15, 0.2) is 6.04 Å². The highest BCUT2D eigenvalue weighted by Crippen LogP contribution is 2.11. The van der Waals surface area contributed by atoms with Crippen LogP contribution in [0.3, 0.4) is 0 Å². The largest absolute Gasteiger partial charge is 0.455 e. The Morgan fingerprint density at radius 2 is 2.15 bits per heavy atom. The second kappa shape index (κ2) is 5.63. The summed E-state index contributed by atoms with van der Waals surface area (Å²) in [6.45, 7) is 1.47. The molecule has 3 atom stereocenters. The lowest BCUT2D eigenvalue weighted by Crippen LogP contribution is -3.20. The van der Waals surface area contributed by atoms with Gasteiger partial charge < -0.3 is 15.0 Å². The first-order valence-corrected chi connectivity index (χ1v) is 7.11. The molecule has 0 bridgehead atoms. The minimum Gasteiger partial charge on any atom is -0.455 e. The molecule has 5 nitrogen and oxygen atoms in total. The third-order valence-electron chi connectivity index (χ3n) is 4.15. The highest BCUT2D eigenvalue weighted by molar-refractivity contribution is 5.93. The topological polar surface area (TPSA) is 59.8 Å². The van der Waals surface area contributed by atoms with Crippen molar-refractivity contribution in [3.63, 3.8) is 0 Å². The van der Waals surface area contributed by atoms with Gasteiger partial charge in [-0.25, -0.2) is 4.79 Å². The molecular weight excluding hydrogens is 256 g/mol. The predicted molar refractivity (Wildman–Crippen MR) is 73.3 cm³/mol. The molecule has 106 valence electrons. The van der Waals surface area contributed by atoms with E-state index in [0.29, 0.717) is 12.6 Å². The van der Waals surface area contributed by atoms with Crippen molar-refractivity contribution in [2.75, 3.05) is 18.5 Å². The average molecular weight is 275 g/mol. The molecule has 1 aromatic rings. The van der Waals surface area contributed by atoms with E-state index in [-0.39, 0.29) is 24.3 Å². The standard InChI is InChI=1S/C15H18N2O3/c18-14(16-11-5-2-1-3-6-11)9-13-15(19)20-10-12-7-4-8-17(12)13/h1-3,5-6,12-13H,4,7-10H2,(H,16,18)/p+1/t12-,13+/m0/s1. The molecule has 2 heterocycles. The number of amides is 1. The van der Waals surface area contributed by atoms with E-state index in [9.17, 15) is 9.59 Å². The van der Waals surface area contributed by atoms with E-state index in [2.05, 4.69) is 5.32 Å². The minimum absolute atomic E-state index is 0.127. The Bertz CT molecular complexity index is 503. The Morgan fingerprint density at radius 1 is 1.35 bits per heavy atom. The summed E-state index contributed by atoms with van der Waals surface area (Å²) in [6, 6.07) is 9.33. The van der Waals surface area contributed by atoms with E-state index < -0.39 is 0 Å². The highest BCUT2D eigenvalue weighted by Gasteiger charge is 2.45. The number of hydrogen-bond donors (Lipinski definition) is 2. The molecule has 5 heteroatoms. The summed E-state index contributed by atoms with van der Waals surface area (Å²) in [7, 11) is 0. The molecule has 2 aliphatic heterocycles. The Balaban J connectivity index is 1.63. The van der Waals surface area contributed by atoms with Crippen molar-refractivity contribution in [1.82, 2.24) is 0 Å². The van der Waals surface area contributed by atoms with Gasteiger partial charge in [-0.15, -0.1) is 0 Å². The Labute approximate surface area is 117 Å². The van der Waals surface area contributed by atoms with E-state index >= 15 is 0 Å². The number of ether oxygens (including phenoxy) is 1. The molecule has 0 aromatic heterocycles. The van der Waals surface area contributed by atoms with Crippen molar-refractivity contribution >= 4 is 17.6 Å². The zero-order valence-electron chi connectivity index (χ0n) is 11.3. The van der Waals surface area contributed by atoms with Crippen molar-refractivity contribution in [2.45, 2.75) is 31.3 Å². The lowest BCUT2D eigenvalue weighted by Gasteiger charge is -2.32. The zero-order chi connectivity index (χ0) is 13.9. The number of quaternary nitrogens is 1. The van der Waals surface area contributed by atoms with E-state index in [1.165, 1.54) is 4.90 Å². The third kappa shape index (κ3) is 2.67. The maximum absolute atomic E-state index is 12.1. The first-order chi connectivity index (χ1) is 9.74. The second-order valence-electron chi connectivity index (χ2n) is 5.47. The fourth-order valence-corrected chi connectivity index (χ4v) is 3.16. The van der Waals surface area contributed by atoms with Crippen LogP contribution in [0.1, 0.15) is 19.3 Å². The summed E-state index contributed by atoms with van der Waals surface area (Å²) in [6.07, 6.45) is 2.38. The van der Waals surface area contributed by atoms with Crippen LogP contribution in [0.5, 0.6) is 0 Å². The van der Waals surface area contributed by atoms with Gasteiger partial charge in [0, 0.05) is 18.5 Å². The molecule has 2 aliphatic rings. The Hall–Kier alpha value is -1.88. The first-order valence-electron chi connectivity index (χ1n) is 7.11. The van der Waals surface area contributed by atoms with Crippen molar-refractivity contribution in [3.8, 4) is 0 Å². The second-order valence-corrected chi connectivity index (χ2v) is 5.47. The summed E-state index contributed by atoms with van der Waals surface area (Å²) < 4.78 is 5.22. The van der Waals surface area contributed by atoms with Crippen LogP contribution in [0.15, 0.2) is 30.3 Å². The van der Waals surface area contributed by atoms with Crippen LogP contribution in [0.4, 0.5) is 5.69 Å². The molecule has 0 spiro atoms. The van der Waals surface area contributed by atoms with Crippen molar-refractivity contribution < 1.29 is 19.2 Å². The van der Waals surface area contributed by atoms with Gasteiger partial charge in [-0.1, -0.05) is 18.2 Å². The molecule has 3 rings (SSSR count). The van der Waals surface area contributed by atoms with Gasteiger partial charge in [0.05, 0.1) is 13.0 Å². The van der Waals surface area contributed by atoms with E-state index in [1.807, 2.05) is 30.3 Å². The van der Waals surface area contributed by atoms with Crippen LogP contribution >= 0.6 is 0 Å². The number of hydrogen-bond acceptors (Lipinski definition) is 3. The molecule has 0 saturated carbocycles. The maximum atomic E-state index is 12.1. The van der Waals surface area contributed by atoms with Gasteiger partial charge in [0.2, 0.25) is 5.91 Å². The van der Waals surface area contributed by atoms with Crippen LogP contribution in [0, 0.1) is 0 Å². The monoisotopic (exact) mass is 275 g/mol. The number of benzene rings is 1. The smallest absolute Gasteiger partial charge is 0.365 e. The molecule has 20 heavy (non-hydrogen) atoms. The number of anilines is 1. The molecule has 2 N–H and O–H groups in total. The van der Waals surface area contributed by atoms with Crippen LogP contribution in [-0.4, -0.2) is 37.1 Å². The summed E-state index contributed by atoms with van der Waals surface area (Å²) >= 11 is 0. The SMILES string of the molecule is O=C(C[C@@H]1C(=O)OC[C@@H]2CCC[NH+]21)Nc1ccccc1. The fraction of sp³-hybridized carbons (Fsp3) is 0.467. The lowest BCUT2D eigenvalue weighted by atomic mass is 10.1. The number of nitrogens with one attached hydrogen (secondary N) is 2. The number of para-hydroxylation sites is 1. The van der Waals surface area contributed by atoms with Gasteiger partial charge >= 0.3 is 5.97 Å². The van der Waals surface area contributed by atoms with Gasteiger partial charge in [0.1, 0.15) is 12.6 Å². The number of morpholine rings is 1. The van der Waals surface area contributed by atoms with Crippen molar-refractivity contribution in [1.29, 1.82) is 0 Å². The number of carbonyl (C=O) groups excluding carboxylic acids is 2. The van der Waals surface area contributed by atoms with Crippen LogP contribution in [0.25, 0.3) is 0 Å². The van der Waals surface area contributed by atoms with Crippen molar-refractivity contribution in [2.24, 2.45) is 0 Å². The third-order valence-corrected chi connectivity index (χ3v) is 4.15. The van der Waals surface area contributed by atoms with Crippen LogP contribution < -0.4 is 10.2 Å². The number of carbonyl (C=O) groups is 2. The summed E-state index contributed by atoms with van der Waals surface area (Å²) in [5.41, 5.74) is 0.759. The van der Waals surface area contributed by atoms with Gasteiger partial charge in [-0.2, -0.15) is 0 Å². The van der Waals surface area contributed by atoms with E-state index in [0.717, 1.165) is 25.1 Å². The van der Waals surface area contributed by atoms with E-state index in [1.54, 1.807) is 0 Å². The number of esters is 1. The van der Waals surface area contributed by atoms with Gasteiger partial charge in [-0.05, 0) is 12.1 Å². The Morgan fingerprint density at radius 3 is 2.95 bits per heavy atom. The molecule has 1 amide bonds. The minimum atomic E-state index is -0.347. The summed E-state index contributed by atoms with van der Waals surface area (Å²) in [5.74, 6) is -0.362. The molecule has 0 aliphatic carbocycles. The zero-order valence-corrected chi connectivity index (χ0v) is 11.3. The predicted octanol–water partition coefficient (Wildman–Crippen LogP) is -0.0121. The van der Waals surface area contributed by atoms with E-state index in [4.69, 9.17) is 4.74 Å². The fourth-order valence-electron chi connectivity index (χ4n) is 3.16. The molecule has 1 unspecified atom stereocenters. The summed E-state index contributed by atoms with van der Waals surface area (Å²) in [4.78, 5) is 25.2. The van der Waals surface area contributed by atoms with Crippen LogP contribution in [0.2, 0.25) is 0 Å². The molecular formula is C15H19N2O3+. The highest BCUT2D eigenvalue weighted by atomic mass is 16.5. The normalized spacial score (nSPS) is 28.6. The van der Waals surface area contributed by atoms with Gasteiger partial charge in [0.25, 0.3) is 0 Å². The van der Waals surface area contributed by atoms with Crippen molar-refractivity contribution in [3.05, 3.63) is 30.3 Å². The molecule has 2 saturated heterocycles. The molecule has 0 radical (unpaired) electrons. The van der Waals surface area contributed by atoms with Crippen LogP contribution in [-0.2, 0) is 14.3 Å². The first kappa shape index (κ1) is 13.1. The number of cyclic esters (lactones) is 1. The quantitative estimate of drug-likeness (QED) is 0.763. The maximum Gasteiger partial charge on any atom is 0.365 e. The molecule has 1 aromatic carbocycles. The summed E-state index contributed by atoms with van der Waals surface area (Å²) in [5, 5.41) is 2.83.